The number of rotatable bonds is 47. The molecular formula is C53H99NO5. The quantitative estimate of drug-likeness (QED) is 0.0323. The summed E-state index contributed by atoms with van der Waals surface area (Å²) in [6, 6.07) is -0.635. The first-order valence-electron chi connectivity index (χ1n) is 25.8. The molecule has 6 nitrogen and oxygen atoms in total. The highest BCUT2D eigenvalue weighted by molar-refractivity contribution is 5.76. The predicted octanol–water partition coefficient (Wildman–Crippen LogP) is 15.3. The average Bonchev–Trinajstić information content (AvgIpc) is 3.24. The maximum atomic E-state index is 12.4. The molecule has 346 valence electrons. The Morgan fingerprint density at radius 3 is 1.20 bits per heavy atom. The molecule has 0 aromatic carbocycles. The lowest BCUT2D eigenvalue weighted by Gasteiger charge is -2.20. The third-order valence-electron chi connectivity index (χ3n) is 11.6. The van der Waals surface area contributed by atoms with Crippen molar-refractivity contribution < 1.29 is 24.5 Å². The normalized spacial score (nSPS) is 12.9. The lowest BCUT2D eigenvalue weighted by molar-refractivity contribution is -0.143. The van der Waals surface area contributed by atoms with E-state index in [0.717, 1.165) is 57.8 Å². The molecule has 0 aliphatic carbocycles. The number of amides is 1. The molecule has 0 aromatic rings. The van der Waals surface area contributed by atoms with Gasteiger partial charge in [0.25, 0.3) is 0 Å². The molecule has 1 amide bonds. The van der Waals surface area contributed by atoms with Gasteiger partial charge in [-0.05, 0) is 83.5 Å². The van der Waals surface area contributed by atoms with E-state index in [1.807, 2.05) is 6.08 Å². The number of carbonyl (C=O) groups is 2. The number of allylic oxidation sites excluding steroid dienone is 5. The average molecular weight is 830 g/mol. The van der Waals surface area contributed by atoms with Crippen molar-refractivity contribution in [2.45, 2.75) is 276 Å². The van der Waals surface area contributed by atoms with E-state index < -0.39 is 12.1 Å². The first kappa shape index (κ1) is 57.1. The third-order valence-corrected chi connectivity index (χ3v) is 11.6. The van der Waals surface area contributed by atoms with Crippen LogP contribution in [0, 0.1) is 0 Å². The Morgan fingerprint density at radius 1 is 0.458 bits per heavy atom. The van der Waals surface area contributed by atoms with Gasteiger partial charge in [0.05, 0.1) is 25.4 Å². The number of carbonyl (C=O) groups excluding carboxylic acids is 2. The molecule has 2 atom stereocenters. The molecule has 0 aliphatic rings. The largest absolute Gasteiger partial charge is 0.466 e. The first-order valence-corrected chi connectivity index (χ1v) is 25.8. The second-order valence-corrected chi connectivity index (χ2v) is 17.5. The van der Waals surface area contributed by atoms with Gasteiger partial charge in [0.2, 0.25) is 5.91 Å². The lowest BCUT2D eigenvalue weighted by Crippen LogP contribution is -2.45. The van der Waals surface area contributed by atoms with Crippen molar-refractivity contribution in [2.75, 3.05) is 13.2 Å². The smallest absolute Gasteiger partial charge is 0.305 e. The van der Waals surface area contributed by atoms with E-state index in [2.05, 4.69) is 43.5 Å². The summed E-state index contributed by atoms with van der Waals surface area (Å²) < 4.78 is 5.45. The van der Waals surface area contributed by atoms with Gasteiger partial charge < -0.3 is 20.3 Å². The molecule has 2 unspecified atom stereocenters. The number of aliphatic hydroxyl groups is 2. The summed E-state index contributed by atoms with van der Waals surface area (Å²) in [6.07, 6.45) is 58.6. The molecular weight excluding hydrogens is 731 g/mol. The topological polar surface area (TPSA) is 95.9 Å². The minimum Gasteiger partial charge on any atom is -0.466 e. The van der Waals surface area contributed by atoms with Gasteiger partial charge in [-0.2, -0.15) is 0 Å². The monoisotopic (exact) mass is 830 g/mol. The van der Waals surface area contributed by atoms with Crippen LogP contribution in [0.25, 0.3) is 0 Å². The highest BCUT2D eigenvalue weighted by Gasteiger charge is 2.18. The lowest BCUT2D eigenvalue weighted by atomic mass is 10.1. The molecule has 0 bridgehead atoms. The molecule has 0 aromatic heterocycles. The molecule has 0 aliphatic heterocycles. The van der Waals surface area contributed by atoms with E-state index in [9.17, 15) is 19.8 Å². The zero-order valence-electron chi connectivity index (χ0n) is 39.2. The molecule has 0 spiro atoms. The van der Waals surface area contributed by atoms with Crippen LogP contribution in [-0.2, 0) is 14.3 Å². The van der Waals surface area contributed by atoms with Gasteiger partial charge in [-0.3, -0.25) is 9.59 Å². The van der Waals surface area contributed by atoms with Gasteiger partial charge in [-0.15, -0.1) is 0 Å². The van der Waals surface area contributed by atoms with Crippen molar-refractivity contribution in [1.29, 1.82) is 0 Å². The summed E-state index contributed by atoms with van der Waals surface area (Å²) in [5.41, 5.74) is 0. The van der Waals surface area contributed by atoms with Gasteiger partial charge in [0.15, 0.2) is 0 Å². The van der Waals surface area contributed by atoms with Crippen LogP contribution >= 0.6 is 0 Å². The Kier molecular flexibility index (Phi) is 47.2. The van der Waals surface area contributed by atoms with Crippen LogP contribution in [0.4, 0.5) is 0 Å². The molecule has 0 saturated heterocycles. The van der Waals surface area contributed by atoms with Crippen LogP contribution in [0.15, 0.2) is 36.5 Å². The standard InChI is InChI=1S/C53H99NO5/c1-3-5-7-9-11-13-15-16-23-27-31-35-39-43-47-53(58)59-48-44-40-36-32-28-24-21-19-17-18-20-22-26-30-34-38-42-46-52(57)54-50(49-55)51(56)45-41-37-33-29-25-14-12-10-8-6-4-2/h15-17,19,41,45,50-51,55-56H,3-14,18,20-40,42-44,46-49H2,1-2H3,(H,54,57)/b16-15-,19-17-,45-41+. The van der Waals surface area contributed by atoms with Gasteiger partial charge >= 0.3 is 5.97 Å². The zero-order valence-corrected chi connectivity index (χ0v) is 39.2. The number of unbranched alkanes of at least 4 members (excludes halogenated alkanes) is 32. The summed E-state index contributed by atoms with van der Waals surface area (Å²) >= 11 is 0. The minimum absolute atomic E-state index is 0.0121. The first-order chi connectivity index (χ1) is 29.0. The van der Waals surface area contributed by atoms with Gasteiger partial charge in [0, 0.05) is 12.8 Å². The van der Waals surface area contributed by atoms with Crippen LogP contribution in [0.3, 0.4) is 0 Å². The molecule has 6 heteroatoms. The number of aliphatic hydroxyl groups excluding tert-OH is 2. The summed E-state index contributed by atoms with van der Waals surface area (Å²) in [5.74, 6) is -0.0946. The second kappa shape index (κ2) is 48.7. The second-order valence-electron chi connectivity index (χ2n) is 17.5. The number of esters is 1. The number of ether oxygens (including phenoxy) is 1. The van der Waals surface area contributed by atoms with E-state index in [-0.39, 0.29) is 18.5 Å². The van der Waals surface area contributed by atoms with Crippen molar-refractivity contribution >= 4 is 11.9 Å². The molecule has 0 heterocycles. The van der Waals surface area contributed by atoms with Crippen molar-refractivity contribution in [3.8, 4) is 0 Å². The maximum absolute atomic E-state index is 12.4. The molecule has 0 radical (unpaired) electrons. The summed E-state index contributed by atoms with van der Waals surface area (Å²) in [5, 5.41) is 23.0. The van der Waals surface area contributed by atoms with Crippen LogP contribution in [0.2, 0.25) is 0 Å². The summed E-state index contributed by atoms with van der Waals surface area (Å²) in [4.78, 5) is 24.4. The Hall–Kier alpha value is -1.92. The fourth-order valence-electron chi connectivity index (χ4n) is 7.62. The maximum Gasteiger partial charge on any atom is 0.305 e. The number of nitrogens with one attached hydrogen (secondary N) is 1. The SMILES string of the molecule is CCCCCCC/C=C\CCCCCCCC(=O)OCCCCCCCC/C=C\CCCCCCCCCC(=O)NC(CO)C(O)/C=C/CCCCCCCCCCC. The zero-order chi connectivity index (χ0) is 43.0. The Labute approximate surface area is 366 Å². The van der Waals surface area contributed by atoms with E-state index in [4.69, 9.17) is 4.74 Å². The fourth-order valence-corrected chi connectivity index (χ4v) is 7.62. The van der Waals surface area contributed by atoms with Crippen LogP contribution in [0.5, 0.6) is 0 Å². The Balaban J connectivity index is 3.48. The van der Waals surface area contributed by atoms with Crippen LogP contribution in [-0.4, -0.2) is 47.4 Å². The van der Waals surface area contributed by atoms with E-state index in [0.29, 0.717) is 19.4 Å². The molecule has 59 heavy (non-hydrogen) atoms. The summed E-state index contributed by atoms with van der Waals surface area (Å²) in [7, 11) is 0. The van der Waals surface area contributed by atoms with E-state index >= 15 is 0 Å². The number of hydrogen-bond acceptors (Lipinski definition) is 5. The molecule has 0 saturated carbocycles. The molecule has 0 fully saturated rings. The van der Waals surface area contributed by atoms with Crippen molar-refractivity contribution in [3.05, 3.63) is 36.5 Å². The summed E-state index contributed by atoms with van der Waals surface area (Å²) in [6.45, 7) is 4.85. The molecule has 3 N–H and O–H groups in total. The predicted molar refractivity (Wildman–Crippen MR) is 255 cm³/mol. The van der Waals surface area contributed by atoms with Crippen LogP contribution < -0.4 is 5.32 Å². The van der Waals surface area contributed by atoms with Gasteiger partial charge in [-0.1, -0.05) is 204 Å². The van der Waals surface area contributed by atoms with Gasteiger partial charge in [0.1, 0.15) is 0 Å². The fraction of sp³-hybridized carbons (Fsp3) is 0.849. The van der Waals surface area contributed by atoms with Crippen molar-refractivity contribution in [3.63, 3.8) is 0 Å². The van der Waals surface area contributed by atoms with E-state index in [1.165, 1.54) is 180 Å². The Morgan fingerprint density at radius 2 is 0.797 bits per heavy atom. The van der Waals surface area contributed by atoms with Crippen LogP contribution in [0.1, 0.15) is 264 Å². The number of hydrogen-bond donors (Lipinski definition) is 3. The molecule has 0 rings (SSSR count). The minimum atomic E-state index is -0.851. The van der Waals surface area contributed by atoms with Gasteiger partial charge in [-0.25, -0.2) is 0 Å². The van der Waals surface area contributed by atoms with E-state index in [1.54, 1.807) is 6.08 Å². The third kappa shape index (κ3) is 45.4. The Bertz CT molecular complexity index is 962. The van der Waals surface area contributed by atoms with Crippen molar-refractivity contribution in [2.24, 2.45) is 0 Å². The highest BCUT2D eigenvalue weighted by Crippen LogP contribution is 2.14. The highest BCUT2D eigenvalue weighted by atomic mass is 16.5. The van der Waals surface area contributed by atoms with Crippen molar-refractivity contribution in [1.82, 2.24) is 5.32 Å².